The summed E-state index contributed by atoms with van der Waals surface area (Å²) in [7, 11) is 0. The molecule has 6 nitrogen and oxygen atoms in total. The van der Waals surface area contributed by atoms with Gasteiger partial charge in [-0.25, -0.2) is 4.79 Å². The maximum atomic E-state index is 11.4. The van der Waals surface area contributed by atoms with E-state index in [0.717, 1.165) is 11.3 Å². The SMILES string of the molecule is O=c1[nH]c(=O)n(Cc2nnc(Cl)s2)cc1Cl. The van der Waals surface area contributed by atoms with E-state index in [4.69, 9.17) is 23.2 Å². The third kappa shape index (κ3) is 2.31. The van der Waals surface area contributed by atoms with Crippen LogP contribution in [-0.2, 0) is 6.54 Å². The molecule has 0 radical (unpaired) electrons. The Kier molecular flexibility index (Phi) is 3.08. The molecule has 2 aromatic heterocycles. The van der Waals surface area contributed by atoms with Crippen molar-refractivity contribution in [3.8, 4) is 0 Å². The van der Waals surface area contributed by atoms with Crippen LogP contribution in [0.2, 0.25) is 9.49 Å². The van der Waals surface area contributed by atoms with E-state index in [-0.39, 0.29) is 11.6 Å². The number of halogens is 2. The Labute approximate surface area is 102 Å². The summed E-state index contributed by atoms with van der Waals surface area (Å²) in [5, 5.41) is 7.83. The van der Waals surface area contributed by atoms with Gasteiger partial charge < -0.3 is 0 Å². The Morgan fingerprint density at radius 3 is 2.75 bits per heavy atom. The second-order valence-corrected chi connectivity index (χ2v) is 4.86. The van der Waals surface area contributed by atoms with E-state index in [0.29, 0.717) is 9.47 Å². The van der Waals surface area contributed by atoms with E-state index in [1.54, 1.807) is 0 Å². The molecule has 2 rings (SSSR count). The molecule has 84 valence electrons. The summed E-state index contributed by atoms with van der Waals surface area (Å²) < 4.78 is 1.51. The minimum atomic E-state index is -0.613. The van der Waals surface area contributed by atoms with Crippen molar-refractivity contribution >= 4 is 34.5 Å². The highest BCUT2D eigenvalue weighted by atomic mass is 35.5. The second-order valence-electron chi connectivity index (χ2n) is 2.81. The van der Waals surface area contributed by atoms with Crippen molar-refractivity contribution < 1.29 is 0 Å². The van der Waals surface area contributed by atoms with Crippen molar-refractivity contribution in [2.45, 2.75) is 6.54 Å². The first kappa shape index (κ1) is 11.3. The van der Waals surface area contributed by atoms with Crippen molar-refractivity contribution in [2.75, 3.05) is 0 Å². The van der Waals surface area contributed by atoms with Gasteiger partial charge in [0, 0.05) is 6.20 Å². The number of hydrogen-bond donors (Lipinski definition) is 1. The van der Waals surface area contributed by atoms with E-state index in [1.807, 2.05) is 0 Å². The zero-order valence-electron chi connectivity index (χ0n) is 7.61. The Hall–Kier alpha value is -1.18. The van der Waals surface area contributed by atoms with Crippen LogP contribution < -0.4 is 11.2 Å². The molecule has 0 bridgehead atoms. The molecule has 0 amide bonds. The fraction of sp³-hybridized carbons (Fsp3) is 0.143. The lowest BCUT2D eigenvalue weighted by molar-refractivity contribution is 0.709. The molecule has 0 saturated carbocycles. The number of nitrogens with zero attached hydrogens (tertiary/aromatic N) is 3. The molecule has 0 aliphatic rings. The van der Waals surface area contributed by atoms with E-state index < -0.39 is 11.2 Å². The molecule has 2 heterocycles. The van der Waals surface area contributed by atoms with Gasteiger partial charge in [0.05, 0.1) is 6.54 Å². The number of nitrogens with one attached hydrogen (secondary N) is 1. The van der Waals surface area contributed by atoms with E-state index in [9.17, 15) is 9.59 Å². The second kappa shape index (κ2) is 4.36. The van der Waals surface area contributed by atoms with Crippen LogP contribution in [0.3, 0.4) is 0 Å². The van der Waals surface area contributed by atoms with Crippen LogP contribution >= 0.6 is 34.5 Å². The number of rotatable bonds is 2. The highest BCUT2D eigenvalue weighted by molar-refractivity contribution is 7.15. The fourth-order valence-corrected chi connectivity index (χ4v) is 2.07. The molecule has 9 heteroatoms. The van der Waals surface area contributed by atoms with Gasteiger partial charge in [0.2, 0.25) is 4.47 Å². The molecule has 0 spiro atoms. The summed E-state index contributed by atoms with van der Waals surface area (Å²) in [6, 6.07) is 0. The molecule has 16 heavy (non-hydrogen) atoms. The van der Waals surface area contributed by atoms with Crippen LogP contribution in [-0.4, -0.2) is 19.7 Å². The quantitative estimate of drug-likeness (QED) is 0.879. The summed E-state index contributed by atoms with van der Waals surface area (Å²) in [5.41, 5.74) is -1.17. The molecular weight excluding hydrogens is 275 g/mol. The molecule has 0 saturated heterocycles. The minimum Gasteiger partial charge on any atom is -0.292 e. The zero-order chi connectivity index (χ0) is 11.7. The van der Waals surface area contributed by atoms with Gasteiger partial charge in [-0.05, 0) is 11.6 Å². The highest BCUT2D eigenvalue weighted by Gasteiger charge is 2.06. The molecule has 0 unspecified atom stereocenters. The molecular formula is C7H4Cl2N4O2S. The first-order valence-corrected chi connectivity index (χ1v) is 5.60. The van der Waals surface area contributed by atoms with E-state index in [2.05, 4.69) is 15.2 Å². The van der Waals surface area contributed by atoms with Gasteiger partial charge in [-0.3, -0.25) is 14.3 Å². The van der Waals surface area contributed by atoms with Crippen molar-refractivity contribution in [1.29, 1.82) is 0 Å². The van der Waals surface area contributed by atoms with Gasteiger partial charge in [-0.1, -0.05) is 22.9 Å². The molecule has 2 aromatic rings. The molecule has 1 N–H and O–H groups in total. The fourth-order valence-electron chi connectivity index (χ4n) is 1.04. The summed E-state index contributed by atoms with van der Waals surface area (Å²) in [5.74, 6) is 0. The summed E-state index contributed by atoms with van der Waals surface area (Å²) in [6.07, 6.45) is 1.25. The van der Waals surface area contributed by atoms with Gasteiger partial charge in [-0.15, -0.1) is 10.2 Å². The summed E-state index contributed by atoms with van der Waals surface area (Å²) in [6.45, 7) is 0.166. The van der Waals surface area contributed by atoms with Crippen molar-refractivity contribution in [2.24, 2.45) is 0 Å². The minimum absolute atomic E-state index is 0.0600. The topological polar surface area (TPSA) is 80.6 Å². The number of hydrogen-bond acceptors (Lipinski definition) is 5. The molecule has 0 atom stereocenters. The number of aromatic amines is 1. The largest absolute Gasteiger partial charge is 0.328 e. The molecule has 0 fully saturated rings. The maximum absolute atomic E-state index is 11.4. The van der Waals surface area contributed by atoms with Gasteiger partial charge in [0.15, 0.2) is 0 Å². The third-order valence-electron chi connectivity index (χ3n) is 1.72. The number of H-pyrrole nitrogens is 1. The predicted molar refractivity (Wildman–Crippen MR) is 60.4 cm³/mol. The Morgan fingerprint density at radius 1 is 1.38 bits per heavy atom. The molecule has 0 aliphatic carbocycles. The highest BCUT2D eigenvalue weighted by Crippen LogP contribution is 2.15. The van der Waals surface area contributed by atoms with E-state index >= 15 is 0 Å². The van der Waals surface area contributed by atoms with Crippen molar-refractivity contribution in [1.82, 2.24) is 19.7 Å². The third-order valence-corrected chi connectivity index (χ3v) is 2.99. The lowest BCUT2D eigenvalue weighted by atomic mass is 10.6. The van der Waals surface area contributed by atoms with Crippen LogP contribution in [0.15, 0.2) is 15.8 Å². The van der Waals surface area contributed by atoms with Crippen molar-refractivity contribution in [3.63, 3.8) is 0 Å². The zero-order valence-corrected chi connectivity index (χ0v) is 9.94. The normalized spacial score (nSPS) is 10.6. The van der Waals surface area contributed by atoms with Crippen LogP contribution in [0, 0.1) is 0 Å². The van der Waals surface area contributed by atoms with Gasteiger partial charge >= 0.3 is 5.69 Å². The maximum Gasteiger partial charge on any atom is 0.328 e. The van der Waals surface area contributed by atoms with Crippen LogP contribution in [0.4, 0.5) is 0 Å². The first-order valence-electron chi connectivity index (χ1n) is 4.03. The average Bonchev–Trinajstić information content (AvgIpc) is 2.60. The average molecular weight is 279 g/mol. The van der Waals surface area contributed by atoms with Crippen LogP contribution in [0.5, 0.6) is 0 Å². The Balaban J connectivity index is 2.39. The van der Waals surface area contributed by atoms with Crippen LogP contribution in [0.1, 0.15) is 5.01 Å². The molecule has 0 aliphatic heterocycles. The molecule has 0 aromatic carbocycles. The Morgan fingerprint density at radius 2 is 2.12 bits per heavy atom. The standard InChI is InChI=1S/C7H4Cl2N4O2S/c8-3-1-13(7(15)10-5(3)14)2-4-11-12-6(9)16-4/h1H,2H2,(H,10,14,15). The Bertz CT molecular complexity index is 632. The monoisotopic (exact) mass is 278 g/mol. The summed E-state index contributed by atoms with van der Waals surface area (Å²) >= 11 is 12.3. The van der Waals surface area contributed by atoms with E-state index in [1.165, 1.54) is 10.8 Å². The van der Waals surface area contributed by atoms with Gasteiger partial charge in [0.1, 0.15) is 10.0 Å². The lowest BCUT2D eigenvalue weighted by Crippen LogP contribution is -2.29. The summed E-state index contributed by atoms with van der Waals surface area (Å²) in [4.78, 5) is 24.5. The first-order chi connectivity index (χ1) is 7.56. The van der Waals surface area contributed by atoms with Gasteiger partial charge in [-0.2, -0.15) is 0 Å². The number of aromatic nitrogens is 4. The predicted octanol–water partition coefficient (Wildman–Crippen LogP) is 0.743. The smallest absolute Gasteiger partial charge is 0.292 e. The lowest BCUT2D eigenvalue weighted by Gasteiger charge is -2.01. The van der Waals surface area contributed by atoms with Crippen molar-refractivity contribution in [3.05, 3.63) is 41.5 Å². The van der Waals surface area contributed by atoms with Gasteiger partial charge in [0.25, 0.3) is 5.56 Å². The van der Waals surface area contributed by atoms with Crippen LogP contribution in [0.25, 0.3) is 0 Å².